The molecule has 0 unspecified atom stereocenters. The lowest BCUT2D eigenvalue weighted by Gasteiger charge is -2.26. The number of nitrogens with zero attached hydrogens (tertiary/aromatic N) is 2. The second kappa shape index (κ2) is 11.4. The van der Waals surface area contributed by atoms with Crippen molar-refractivity contribution < 1.29 is 22.6 Å². The quantitative estimate of drug-likeness (QED) is 0.333. The fourth-order valence-corrected chi connectivity index (χ4v) is 2.87. The van der Waals surface area contributed by atoms with Crippen molar-refractivity contribution in [2.45, 2.75) is 19.5 Å². The van der Waals surface area contributed by atoms with Crippen molar-refractivity contribution in [3.8, 4) is 5.75 Å². The SMILES string of the molecule is I.NC(=NCc1ccc(CN2CCOCC2)cc1)Nc1ccc(OC(F)(F)F)cc1. The fourth-order valence-electron chi connectivity index (χ4n) is 2.87. The maximum Gasteiger partial charge on any atom is 0.573 e. The maximum atomic E-state index is 12.2. The number of hydrogen-bond acceptors (Lipinski definition) is 4. The predicted molar refractivity (Wildman–Crippen MR) is 120 cm³/mol. The molecule has 0 radical (unpaired) electrons. The number of hydrogen-bond donors (Lipinski definition) is 2. The van der Waals surface area contributed by atoms with Crippen molar-refractivity contribution in [1.29, 1.82) is 0 Å². The zero-order chi connectivity index (χ0) is 20.7. The van der Waals surface area contributed by atoms with E-state index >= 15 is 0 Å². The number of morpholine rings is 1. The van der Waals surface area contributed by atoms with Crippen LogP contribution < -0.4 is 15.8 Å². The van der Waals surface area contributed by atoms with Gasteiger partial charge in [0.05, 0.1) is 19.8 Å². The summed E-state index contributed by atoms with van der Waals surface area (Å²) in [7, 11) is 0. The van der Waals surface area contributed by atoms with E-state index in [1.807, 2.05) is 12.1 Å². The Hall–Kier alpha value is -2.05. The standard InChI is InChI=1S/C20H23F3N4O2.HI/c21-20(22,23)29-18-7-5-17(6-8-18)26-19(24)25-13-15-1-3-16(4-2-15)14-27-9-11-28-12-10-27;/h1-8H,9-14H2,(H3,24,25,26);1H. The highest BCUT2D eigenvalue weighted by Crippen LogP contribution is 2.23. The summed E-state index contributed by atoms with van der Waals surface area (Å²) < 4.78 is 45.7. The Morgan fingerprint density at radius 2 is 1.63 bits per heavy atom. The van der Waals surface area contributed by atoms with Gasteiger partial charge in [-0.25, -0.2) is 4.99 Å². The molecule has 6 nitrogen and oxygen atoms in total. The number of alkyl halides is 3. The van der Waals surface area contributed by atoms with E-state index in [4.69, 9.17) is 10.5 Å². The van der Waals surface area contributed by atoms with Crippen molar-refractivity contribution in [3.63, 3.8) is 0 Å². The third kappa shape index (κ3) is 8.36. The molecule has 1 saturated heterocycles. The van der Waals surface area contributed by atoms with Crippen molar-refractivity contribution >= 4 is 35.6 Å². The highest BCUT2D eigenvalue weighted by molar-refractivity contribution is 14.0. The van der Waals surface area contributed by atoms with Crippen LogP contribution in [0.15, 0.2) is 53.5 Å². The predicted octanol–water partition coefficient (Wildman–Crippen LogP) is 3.96. The topological polar surface area (TPSA) is 72.1 Å². The molecule has 0 atom stereocenters. The van der Waals surface area contributed by atoms with Crippen molar-refractivity contribution in [2.75, 3.05) is 31.6 Å². The first kappa shape index (κ1) is 24.2. The number of rotatable bonds is 6. The molecule has 1 aliphatic rings. The molecular weight excluding hydrogens is 512 g/mol. The normalized spacial score (nSPS) is 15.4. The van der Waals surface area contributed by atoms with Crippen molar-refractivity contribution in [2.24, 2.45) is 10.7 Å². The minimum Gasteiger partial charge on any atom is -0.406 e. The zero-order valence-electron chi connectivity index (χ0n) is 16.2. The van der Waals surface area contributed by atoms with Gasteiger partial charge in [-0.2, -0.15) is 0 Å². The monoisotopic (exact) mass is 536 g/mol. The third-order valence-corrected chi connectivity index (χ3v) is 4.33. The molecule has 0 aromatic heterocycles. The number of aliphatic imine (C=N–C) groups is 1. The minimum absolute atomic E-state index is 0. The van der Waals surface area contributed by atoms with Crippen LogP contribution in [0, 0.1) is 0 Å². The summed E-state index contributed by atoms with van der Waals surface area (Å²) in [6.07, 6.45) is -4.72. The number of nitrogens with one attached hydrogen (secondary N) is 1. The summed E-state index contributed by atoms with van der Waals surface area (Å²) in [6.45, 7) is 4.72. The average Bonchev–Trinajstić information content (AvgIpc) is 2.69. The molecule has 3 N–H and O–H groups in total. The second-order valence-corrected chi connectivity index (χ2v) is 6.60. The van der Waals surface area contributed by atoms with Crippen LogP contribution in [0.4, 0.5) is 18.9 Å². The summed E-state index contributed by atoms with van der Waals surface area (Å²) in [5, 5.41) is 2.84. The van der Waals surface area contributed by atoms with E-state index in [-0.39, 0.29) is 35.7 Å². The van der Waals surface area contributed by atoms with Gasteiger partial charge in [0.1, 0.15) is 5.75 Å². The van der Waals surface area contributed by atoms with Crippen molar-refractivity contribution in [3.05, 3.63) is 59.7 Å². The van der Waals surface area contributed by atoms with Crippen LogP contribution in [0.1, 0.15) is 11.1 Å². The molecule has 10 heteroatoms. The number of ether oxygens (including phenoxy) is 2. The van der Waals surface area contributed by atoms with Gasteiger partial charge in [-0.15, -0.1) is 37.1 Å². The molecule has 30 heavy (non-hydrogen) atoms. The highest BCUT2D eigenvalue weighted by Gasteiger charge is 2.30. The Balaban J connectivity index is 0.00000320. The van der Waals surface area contributed by atoms with Crippen LogP contribution in [0.2, 0.25) is 0 Å². The molecule has 2 aromatic rings. The molecule has 1 fully saturated rings. The lowest BCUT2D eigenvalue weighted by atomic mass is 10.1. The molecule has 0 amide bonds. The van der Waals surface area contributed by atoms with Gasteiger partial charge in [-0.3, -0.25) is 4.90 Å². The Morgan fingerprint density at radius 3 is 2.23 bits per heavy atom. The Kier molecular flexibility index (Phi) is 9.18. The largest absolute Gasteiger partial charge is 0.573 e. The lowest BCUT2D eigenvalue weighted by molar-refractivity contribution is -0.274. The summed E-state index contributed by atoms with van der Waals surface area (Å²) in [5.41, 5.74) is 8.61. The molecule has 0 saturated carbocycles. The van der Waals surface area contributed by atoms with E-state index in [2.05, 4.69) is 32.1 Å². The molecule has 1 heterocycles. The molecule has 1 aliphatic heterocycles. The molecule has 164 valence electrons. The number of nitrogens with two attached hydrogens (primary N) is 1. The molecule has 0 spiro atoms. The van der Waals surface area contributed by atoms with E-state index in [0.29, 0.717) is 12.2 Å². The van der Waals surface area contributed by atoms with Crippen LogP contribution in [-0.4, -0.2) is 43.5 Å². The molecular formula is C20H24F3IN4O2. The van der Waals surface area contributed by atoms with Gasteiger partial charge < -0.3 is 20.5 Å². The zero-order valence-corrected chi connectivity index (χ0v) is 18.5. The molecule has 2 aromatic carbocycles. The van der Waals surface area contributed by atoms with Crippen molar-refractivity contribution in [1.82, 2.24) is 4.90 Å². The van der Waals surface area contributed by atoms with E-state index < -0.39 is 6.36 Å². The van der Waals surface area contributed by atoms with E-state index in [0.717, 1.165) is 38.4 Å². The van der Waals surface area contributed by atoms with Gasteiger partial charge in [0.25, 0.3) is 0 Å². The van der Waals surface area contributed by atoms with Crippen LogP contribution in [0.3, 0.4) is 0 Å². The summed E-state index contributed by atoms with van der Waals surface area (Å²) in [6, 6.07) is 13.4. The first-order valence-corrected chi connectivity index (χ1v) is 9.18. The van der Waals surface area contributed by atoms with Crippen LogP contribution in [0.25, 0.3) is 0 Å². The summed E-state index contributed by atoms with van der Waals surface area (Å²) in [5.74, 6) is -0.123. The Labute approximate surface area is 190 Å². The van der Waals surface area contributed by atoms with Gasteiger partial charge in [0.15, 0.2) is 5.96 Å². The van der Waals surface area contributed by atoms with Gasteiger partial charge in [0, 0.05) is 25.3 Å². The lowest BCUT2D eigenvalue weighted by Crippen LogP contribution is -2.35. The molecule has 0 aliphatic carbocycles. The van der Waals surface area contributed by atoms with E-state index in [1.165, 1.54) is 29.8 Å². The van der Waals surface area contributed by atoms with Crippen LogP contribution in [0.5, 0.6) is 5.75 Å². The number of anilines is 1. The van der Waals surface area contributed by atoms with E-state index in [9.17, 15) is 13.2 Å². The maximum absolute atomic E-state index is 12.2. The minimum atomic E-state index is -4.72. The van der Waals surface area contributed by atoms with Gasteiger partial charge in [-0.1, -0.05) is 24.3 Å². The molecule has 3 rings (SSSR count). The number of guanidine groups is 1. The first-order valence-electron chi connectivity index (χ1n) is 9.18. The Morgan fingerprint density at radius 1 is 1.03 bits per heavy atom. The second-order valence-electron chi connectivity index (χ2n) is 6.60. The van der Waals surface area contributed by atoms with Gasteiger partial charge in [0.2, 0.25) is 0 Å². The fraction of sp³-hybridized carbons (Fsp3) is 0.350. The summed E-state index contributed by atoms with van der Waals surface area (Å²) >= 11 is 0. The average molecular weight is 536 g/mol. The third-order valence-electron chi connectivity index (χ3n) is 4.33. The van der Waals surface area contributed by atoms with Crippen LogP contribution in [-0.2, 0) is 17.8 Å². The highest BCUT2D eigenvalue weighted by atomic mass is 127. The van der Waals surface area contributed by atoms with Gasteiger partial charge in [-0.05, 0) is 35.4 Å². The number of halogens is 4. The smallest absolute Gasteiger partial charge is 0.406 e. The van der Waals surface area contributed by atoms with E-state index in [1.54, 1.807) is 0 Å². The molecule has 0 bridgehead atoms. The van der Waals surface area contributed by atoms with Gasteiger partial charge >= 0.3 is 6.36 Å². The van der Waals surface area contributed by atoms with Crippen LogP contribution >= 0.6 is 24.0 Å². The Bertz CT molecular complexity index is 808. The number of benzene rings is 2. The first-order chi connectivity index (χ1) is 13.9. The summed E-state index contributed by atoms with van der Waals surface area (Å²) in [4.78, 5) is 6.61.